The molecule has 10 nitrogen and oxygen atoms in total. The first-order chi connectivity index (χ1) is 22.1. The van der Waals surface area contributed by atoms with Gasteiger partial charge in [-0.3, -0.25) is 9.89 Å². The van der Waals surface area contributed by atoms with Gasteiger partial charge < -0.3 is 25.0 Å². The first kappa shape index (κ1) is 30.9. The quantitative estimate of drug-likeness (QED) is 0.284. The molecule has 2 fully saturated rings. The Labute approximate surface area is 265 Å². The summed E-state index contributed by atoms with van der Waals surface area (Å²) >= 11 is 0. The lowest BCUT2D eigenvalue weighted by atomic mass is 9.68. The normalized spacial score (nSPS) is 28.0. The Morgan fingerprint density at radius 1 is 1.22 bits per heavy atom. The minimum atomic E-state index is -2.90. The summed E-state index contributed by atoms with van der Waals surface area (Å²) in [6, 6.07) is 5.37. The van der Waals surface area contributed by atoms with E-state index in [9.17, 15) is 13.2 Å². The zero-order valence-electron chi connectivity index (χ0n) is 26.4. The van der Waals surface area contributed by atoms with Gasteiger partial charge in [-0.15, -0.1) is 0 Å². The van der Waals surface area contributed by atoms with Crippen LogP contribution >= 0.6 is 0 Å². The molecule has 2 aliphatic heterocycles. The van der Waals surface area contributed by atoms with E-state index in [0.29, 0.717) is 30.8 Å². The van der Waals surface area contributed by atoms with Gasteiger partial charge in [0.2, 0.25) is 11.8 Å². The molecule has 1 spiro atoms. The number of anilines is 1. The molecule has 7 rings (SSSR count). The molecule has 3 aromatic rings. The smallest absolute Gasteiger partial charge is 0.263 e. The highest BCUT2D eigenvalue weighted by Crippen LogP contribution is 2.54. The lowest BCUT2D eigenvalue weighted by molar-refractivity contribution is -0.0576. The molecule has 2 aromatic heterocycles. The first-order valence-corrected chi connectivity index (χ1v) is 16.1. The molecule has 13 heteroatoms. The topological polar surface area (TPSA) is 124 Å². The number of halogens is 3. The number of rotatable bonds is 7. The van der Waals surface area contributed by atoms with E-state index in [4.69, 9.17) is 24.7 Å². The Balaban J connectivity index is 1.28. The molecule has 5 unspecified atom stereocenters. The number of hydrogen-bond donors (Lipinski definition) is 2. The maximum atomic E-state index is 14.2. The van der Waals surface area contributed by atoms with Crippen molar-refractivity contribution in [1.82, 2.24) is 25.3 Å². The van der Waals surface area contributed by atoms with E-state index in [2.05, 4.69) is 26.5 Å². The van der Waals surface area contributed by atoms with Gasteiger partial charge in [0.1, 0.15) is 18.4 Å². The number of nitrogens with zero attached hydrogens (tertiary/aromatic N) is 5. The van der Waals surface area contributed by atoms with E-state index in [1.165, 1.54) is 11.6 Å². The number of nitrogens with two attached hydrogens (primary N) is 1. The van der Waals surface area contributed by atoms with Crippen molar-refractivity contribution in [2.45, 2.75) is 87.6 Å². The van der Waals surface area contributed by atoms with Crippen molar-refractivity contribution in [3.05, 3.63) is 46.2 Å². The molecule has 3 N–H and O–H groups in total. The van der Waals surface area contributed by atoms with Gasteiger partial charge in [0.15, 0.2) is 17.3 Å². The third kappa shape index (κ3) is 5.51. The largest absolute Gasteiger partial charge is 0.473 e. The summed E-state index contributed by atoms with van der Waals surface area (Å²) < 4.78 is 61.1. The standard InChI is InChI=1S/C33H40F3N7O3/c1-18(25-11-20(34)16-43(25)3)44-26-12-27(45-21-13-33(35,36)17-39-14-21)41-31(40-26)29-22-5-4-9-32(30(22)46-42-29)10-8-19-6-7-24(37)23(15-38-2)28(19)32/h6-7,12,15,18,20-21,25,39H,4-5,8-11,13-14,16-17,37H2,1-3H3. The van der Waals surface area contributed by atoms with E-state index in [1.807, 2.05) is 31.2 Å². The first-order valence-electron chi connectivity index (χ1n) is 16.1. The molecule has 4 heterocycles. The highest BCUT2D eigenvalue weighted by Gasteiger charge is 2.49. The van der Waals surface area contributed by atoms with Crippen molar-refractivity contribution in [3.8, 4) is 23.3 Å². The van der Waals surface area contributed by atoms with Crippen LogP contribution in [0.4, 0.5) is 18.9 Å². The van der Waals surface area contributed by atoms with Gasteiger partial charge in [-0.05, 0) is 69.7 Å². The highest BCUT2D eigenvalue weighted by molar-refractivity contribution is 5.91. The Morgan fingerprint density at radius 2 is 2.04 bits per heavy atom. The lowest BCUT2D eigenvalue weighted by Crippen LogP contribution is -2.48. The summed E-state index contributed by atoms with van der Waals surface area (Å²) in [7, 11) is 3.60. The number of nitrogen functional groups attached to an aromatic ring is 1. The minimum absolute atomic E-state index is 0.0996. The van der Waals surface area contributed by atoms with Crippen LogP contribution in [-0.2, 0) is 18.3 Å². The molecule has 0 saturated carbocycles. The number of nitrogens with one attached hydrogen (secondary N) is 1. The molecule has 0 bridgehead atoms. The van der Waals surface area contributed by atoms with Gasteiger partial charge in [-0.25, -0.2) is 13.2 Å². The van der Waals surface area contributed by atoms with Crippen molar-refractivity contribution in [2.75, 3.05) is 39.5 Å². The van der Waals surface area contributed by atoms with Gasteiger partial charge in [0, 0.05) is 49.2 Å². The van der Waals surface area contributed by atoms with E-state index in [-0.39, 0.29) is 30.2 Å². The van der Waals surface area contributed by atoms with Crippen molar-refractivity contribution >= 4 is 11.9 Å². The summed E-state index contributed by atoms with van der Waals surface area (Å²) in [5.41, 5.74) is 11.3. The van der Waals surface area contributed by atoms with Crippen LogP contribution in [-0.4, -0.2) is 90.3 Å². The zero-order chi connectivity index (χ0) is 32.2. The second kappa shape index (κ2) is 11.8. The number of likely N-dealkylation sites (N-methyl/N-ethyl adjacent to an activating group) is 1. The van der Waals surface area contributed by atoms with Gasteiger partial charge in [-0.2, -0.15) is 9.97 Å². The number of aliphatic imine (C=N–C) groups is 1. The van der Waals surface area contributed by atoms with Crippen LogP contribution in [0.1, 0.15) is 67.0 Å². The second-order valence-corrected chi connectivity index (χ2v) is 13.2. The van der Waals surface area contributed by atoms with Crippen molar-refractivity contribution < 1.29 is 27.2 Å². The summed E-state index contributed by atoms with van der Waals surface area (Å²) in [4.78, 5) is 15.6. The van der Waals surface area contributed by atoms with Crippen molar-refractivity contribution in [2.24, 2.45) is 4.99 Å². The third-order valence-electron chi connectivity index (χ3n) is 10.0. The molecule has 4 aliphatic rings. The van der Waals surface area contributed by atoms with Crippen LogP contribution in [0.3, 0.4) is 0 Å². The van der Waals surface area contributed by atoms with E-state index >= 15 is 0 Å². The number of likely N-dealkylation sites (tertiary alicyclic amines) is 1. The number of benzene rings is 1. The van der Waals surface area contributed by atoms with Gasteiger partial charge in [0.05, 0.1) is 24.4 Å². The predicted molar refractivity (Wildman–Crippen MR) is 167 cm³/mol. The monoisotopic (exact) mass is 639 g/mol. The molecule has 1 aromatic carbocycles. The van der Waals surface area contributed by atoms with E-state index in [0.717, 1.165) is 48.1 Å². The minimum Gasteiger partial charge on any atom is -0.473 e. The summed E-state index contributed by atoms with van der Waals surface area (Å²) in [6.45, 7) is 2.05. The van der Waals surface area contributed by atoms with Gasteiger partial charge in [-0.1, -0.05) is 11.2 Å². The van der Waals surface area contributed by atoms with Gasteiger partial charge in [0.25, 0.3) is 5.92 Å². The number of aromatic nitrogens is 3. The molecule has 2 saturated heterocycles. The van der Waals surface area contributed by atoms with Crippen molar-refractivity contribution in [1.29, 1.82) is 0 Å². The number of ether oxygens (including phenoxy) is 2. The summed E-state index contributed by atoms with van der Waals surface area (Å²) in [5, 5.41) is 7.26. The van der Waals surface area contributed by atoms with E-state index in [1.54, 1.807) is 7.05 Å². The molecule has 46 heavy (non-hydrogen) atoms. The Kier molecular flexibility index (Phi) is 7.95. The zero-order valence-corrected chi connectivity index (χ0v) is 26.4. The molecule has 2 aliphatic carbocycles. The Morgan fingerprint density at radius 3 is 2.80 bits per heavy atom. The van der Waals surface area contributed by atoms with Crippen LogP contribution in [0.5, 0.6) is 11.8 Å². The average molecular weight is 640 g/mol. The van der Waals surface area contributed by atoms with Crippen LogP contribution in [0.15, 0.2) is 27.7 Å². The molecular formula is C33H40F3N7O3. The number of hydrogen-bond acceptors (Lipinski definition) is 10. The number of aryl methyl sites for hydroxylation is 1. The van der Waals surface area contributed by atoms with Crippen LogP contribution in [0.25, 0.3) is 11.5 Å². The molecule has 0 radical (unpaired) electrons. The van der Waals surface area contributed by atoms with Crippen molar-refractivity contribution in [3.63, 3.8) is 0 Å². The van der Waals surface area contributed by atoms with Crippen LogP contribution < -0.4 is 20.5 Å². The molecule has 5 atom stereocenters. The third-order valence-corrected chi connectivity index (χ3v) is 10.0. The highest BCUT2D eigenvalue weighted by atomic mass is 19.3. The fraction of sp³-hybridized carbons (Fsp3) is 0.576. The van der Waals surface area contributed by atoms with Gasteiger partial charge >= 0.3 is 0 Å². The van der Waals surface area contributed by atoms with Crippen LogP contribution in [0, 0.1) is 0 Å². The Bertz CT molecular complexity index is 1650. The maximum absolute atomic E-state index is 14.2. The molecule has 0 amide bonds. The Hall–Kier alpha value is -3.71. The molecule has 246 valence electrons. The average Bonchev–Trinajstić information content (AvgIpc) is 3.70. The lowest BCUT2D eigenvalue weighted by Gasteiger charge is -2.33. The van der Waals surface area contributed by atoms with E-state index < -0.39 is 42.7 Å². The number of fused-ring (bicyclic) bond motifs is 4. The second-order valence-electron chi connectivity index (χ2n) is 13.2. The maximum Gasteiger partial charge on any atom is 0.263 e. The fourth-order valence-electron chi connectivity index (χ4n) is 8.01. The molecular weight excluding hydrogens is 599 g/mol. The number of piperidine rings is 1. The van der Waals surface area contributed by atoms with Crippen LogP contribution in [0.2, 0.25) is 0 Å². The number of alkyl halides is 3. The SMILES string of the molecule is CN=Cc1c(N)ccc2c1C1(CCCc3c(-c4nc(OC5CNCC(F)(F)C5)cc(OC(C)C5CC(F)CN5C)n4)noc31)CC2. The fourth-order valence-corrected chi connectivity index (χ4v) is 8.01. The summed E-state index contributed by atoms with van der Waals surface area (Å²) in [5.74, 6) is -1.61. The predicted octanol–water partition coefficient (Wildman–Crippen LogP) is 4.52. The summed E-state index contributed by atoms with van der Waals surface area (Å²) in [6.07, 6.45) is 3.76.